The molecule has 0 radical (unpaired) electrons. The van der Waals surface area contributed by atoms with Gasteiger partial charge in [0.25, 0.3) is 0 Å². The van der Waals surface area contributed by atoms with Crippen molar-refractivity contribution in [3.8, 4) is 0 Å². The molecule has 12 heavy (non-hydrogen) atoms. The quantitative estimate of drug-likeness (QED) is 0.595. The Morgan fingerprint density at radius 2 is 1.83 bits per heavy atom. The van der Waals surface area contributed by atoms with E-state index in [1.165, 1.54) is 0 Å². The summed E-state index contributed by atoms with van der Waals surface area (Å²) in [5.41, 5.74) is 6.09. The first-order valence-corrected chi connectivity index (χ1v) is 4.75. The molecule has 2 aliphatic rings. The van der Waals surface area contributed by atoms with E-state index in [1.54, 1.807) is 0 Å². The molecule has 1 heterocycles. The fourth-order valence-corrected chi connectivity index (χ4v) is 2.42. The average molecular weight is 171 g/mol. The molecular weight excluding hydrogens is 154 g/mol. The first-order chi connectivity index (χ1) is 5.71. The molecule has 1 saturated carbocycles. The lowest BCUT2D eigenvalue weighted by Gasteiger charge is -2.49. The molecule has 2 fully saturated rings. The Morgan fingerprint density at radius 3 is 2.33 bits per heavy atom. The van der Waals surface area contributed by atoms with E-state index in [2.05, 4.69) is 0 Å². The fourth-order valence-electron chi connectivity index (χ4n) is 2.42. The number of rotatable bonds is 1. The van der Waals surface area contributed by atoms with Crippen molar-refractivity contribution < 1.29 is 9.84 Å². The summed E-state index contributed by atoms with van der Waals surface area (Å²) in [6.07, 6.45) is 3.58. The summed E-state index contributed by atoms with van der Waals surface area (Å²) in [6, 6.07) is 0. The lowest BCUT2D eigenvalue weighted by molar-refractivity contribution is -0.0442. The van der Waals surface area contributed by atoms with E-state index in [4.69, 9.17) is 10.5 Å². The highest BCUT2D eigenvalue weighted by Crippen LogP contribution is 2.40. The molecule has 0 spiro atoms. The van der Waals surface area contributed by atoms with Gasteiger partial charge < -0.3 is 15.6 Å². The molecule has 0 unspecified atom stereocenters. The topological polar surface area (TPSA) is 55.5 Å². The van der Waals surface area contributed by atoms with Gasteiger partial charge in [-0.2, -0.15) is 0 Å². The first kappa shape index (κ1) is 8.48. The Morgan fingerprint density at radius 1 is 1.25 bits per heavy atom. The van der Waals surface area contributed by atoms with E-state index in [1.807, 2.05) is 0 Å². The molecule has 1 saturated heterocycles. The zero-order valence-corrected chi connectivity index (χ0v) is 7.33. The monoisotopic (exact) mass is 171 g/mol. The SMILES string of the molecule is NC1(C2CCOCC2)CC(O)C1. The van der Waals surface area contributed by atoms with Gasteiger partial charge in [0.2, 0.25) is 0 Å². The van der Waals surface area contributed by atoms with Crippen molar-refractivity contribution >= 4 is 0 Å². The molecule has 0 aromatic heterocycles. The van der Waals surface area contributed by atoms with E-state index >= 15 is 0 Å². The zero-order valence-electron chi connectivity index (χ0n) is 7.33. The largest absolute Gasteiger partial charge is 0.393 e. The van der Waals surface area contributed by atoms with Crippen LogP contribution in [0.1, 0.15) is 25.7 Å². The Bertz CT molecular complexity index is 160. The summed E-state index contributed by atoms with van der Waals surface area (Å²) in [7, 11) is 0. The summed E-state index contributed by atoms with van der Waals surface area (Å²) in [5.74, 6) is 0.578. The van der Waals surface area contributed by atoms with E-state index in [0.29, 0.717) is 5.92 Å². The van der Waals surface area contributed by atoms with E-state index < -0.39 is 0 Å². The van der Waals surface area contributed by atoms with Crippen LogP contribution in [0.25, 0.3) is 0 Å². The predicted octanol–water partition coefficient (Wildman–Crippen LogP) is 0.265. The van der Waals surface area contributed by atoms with Crippen LogP contribution in [0.15, 0.2) is 0 Å². The van der Waals surface area contributed by atoms with Gasteiger partial charge in [0.05, 0.1) is 6.10 Å². The van der Waals surface area contributed by atoms with Gasteiger partial charge in [0.15, 0.2) is 0 Å². The molecular formula is C9H17NO2. The summed E-state index contributed by atoms with van der Waals surface area (Å²) < 4.78 is 5.27. The standard InChI is InChI=1S/C9H17NO2/c10-9(5-8(11)6-9)7-1-3-12-4-2-7/h7-8,11H,1-6,10H2. The van der Waals surface area contributed by atoms with Gasteiger partial charge in [0.1, 0.15) is 0 Å². The van der Waals surface area contributed by atoms with Crippen LogP contribution in [0.2, 0.25) is 0 Å². The minimum atomic E-state index is -0.141. The predicted molar refractivity (Wildman–Crippen MR) is 45.7 cm³/mol. The van der Waals surface area contributed by atoms with E-state index in [0.717, 1.165) is 38.9 Å². The fraction of sp³-hybridized carbons (Fsp3) is 1.00. The minimum absolute atomic E-state index is 0.0663. The maximum Gasteiger partial charge on any atom is 0.0575 e. The van der Waals surface area contributed by atoms with Crippen LogP contribution < -0.4 is 5.73 Å². The van der Waals surface area contributed by atoms with Crippen molar-refractivity contribution in [1.29, 1.82) is 0 Å². The maximum atomic E-state index is 9.20. The Balaban J connectivity index is 1.90. The summed E-state index contributed by atoms with van der Waals surface area (Å²) in [5, 5.41) is 9.20. The van der Waals surface area contributed by atoms with Gasteiger partial charge in [-0.25, -0.2) is 0 Å². The molecule has 0 aromatic rings. The van der Waals surface area contributed by atoms with Crippen LogP contribution in [0.4, 0.5) is 0 Å². The molecule has 3 heteroatoms. The Labute approximate surface area is 72.9 Å². The van der Waals surface area contributed by atoms with Crippen molar-refractivity contribution in [1.82, 2.24) is 0 Å². The number of aliphatic hydroxyl groups excluding tert-OH is 1. The van der Waals surface area contributed by atoms with Crippen molar-refractivity contribution in [2.75, 3.05) is 13.2 Å². The summed E-state index contributed by atoms with van der Waals surface area (Å²) >= 11 is 0. The second kappa shape index (κ2) is 2.98. The van der Waals surface area contributed by atoms with Crippen molar-refractivity contribution in [2.45, 2.75) is 37.3 Å². The molecule has 0 aromatic carbocycles. The first-order valence-electron chi connectivity index (χ1n) is 4.75. The van der Waals surface area contributed by atoms with E-state index in [9.17, 15) is 5.11 Å². The molecule has 1 aliphatic heterocycles. The third-order valence-corrected chi connectivity index (χ3v) is 3.27. The second-order valence-electron chi connectivity index (χ2n) is 4.18. The Hall–Kier alpha value is -0.120. The number of hydrogen-bond donors (Lipinski definition) is 2. The minimum Gasteiger partial charge on any atom is -0.393 e. The van der Waals surface area contributed by atoms with Crippen LogP contribution in [0, 0.1) is 5.92 Å². The summed E-state index contributed by atoms with van der Waals surface area (Å²) in [6.45, 7) is 1.69. The van der Waals surface area contributed by atoms with Crippen LogP contribution in [0.3, 0.4) is 0 Å². The van der Waals surface area contributed by atoms with Crippen molar-refractivity contribution in [3.63, 3.8) is 0 Å². The Kier molecular flexibility index (Phi) is 2.10. The number of nitrogens with two attached hydrogens (primary N) is 1. The average Bonchev–Trinajstić information content (AvgIpc) is 2.04. The molecule has 0 amide bonds. The van der Waals surface area contributed by atoms with Gasteiger partial charge in [-0.3, -0.25) is 0 Å². The number of ether oxygens (including phenoxy) is 1. The number of hydrogen-bond acceptors (Lipinski definition) is 3. The van der Waals surface area contributed by atoms with E-state index in [-0.39, 0.29) is 11.6 Å². The molecule has 0 bridgehead atoms. The maximum absolute atomic E-state index is 9.20. The number of aliphatic hydroxyl groups is 1. The highest BCUT2D eigenvalue weighted by Gasteiger charge is 2.45. The van der Waals surface area contributed by atoms with Gasteiger partial charge in [-0.15, -0.1) is 0 Å². The van der Waals surface area contributed by atoms with Gasteiger partial charge in [0, 0.05) is 18.8 Å². The third kappa shape index (κ3) is 1.37. The molecule has 1 aliphatic carbocycles. The molecule has 70 valence electrons. The smallest absolute Gasteiger partial charge is 0.0575 e. The molecule has 2 rings (SSSR count). The van der Waals surface area contributed by atoms with Crippen molar-refractivity contribution in [3.05, 3.63) is 0 Å². The molecule has 3 N–H and O–H groups in total. The van der Waals surface area contributed by atoms with Gasteiger partial charge in [-0.05, 0) is 31.6 Å². The normalized spacial score (nSPS) is 44.0. The zero-order chi connectivity index (χ0) is 8.60. The van der Waals surface area contributed by atoms with Crippen LogP contribution in [-0.4, -0.2) is 30.0 Å². The highest BCUT2D eigenvalue weighted by molar-refractivity contribution is 5.03. The molecule has 3 nitrogen and oxygen atoms in total. The van der Waals surface area contributed by atoms with Crippen LogP contribution >= 0.6 is 0 Å². The van der Waals surface area contributed by atoms with Gasteiger partial charge in [-0.1, -0.05) is 0 Å². The van der Waals surface area contributed by atoms with Crippen molar-refractivity contribution in [2.24, 2.45) is 11.7 Å². The lowest BCUT2D eigenvalue weighted by Crippen LogP contribution is -2.60. The van der Waals surface area contributed by atoms with Crippen LogP contribution in [0.5, 0.6) is 0 Å². The van der Waals surface area contributed by atoms with Gasteiger partial charge >= 0.3 is 0 Å². The lowest BCUT2D eigenvalue weighted by atomic mass is 9.65. The molecule has 0 atom stereocenters. The third-order valence-electron chi connectivity index (χ3n) is 3.27. The summed E-state index contributed by atoms with van der Waals surface area (Å²) in [4.78, 5) is 0. The highest BCUT2D eigenvalue weighted by atomic mass is 16.5. The van der Waals surface area contributed by atoms with Crippen LogP contribution in [-0.2, 0) is 4.74 Å². The second-order valence-corrected chi connectivity index (χ2v) is 4.18.